The van der Waals surface area contributed by atoms with Gasteiger partial charge in [0.15, 0.2) is 0 Å². The van der Waals surface area contributed by atoms with Crippen LogP contribution in [0.5, 0.6) is 0 Å². The lowest BCUT2D eigenvalue weighted by Crippen LogP contribution is -2.36. The van der Waals surface area contributed by atoms with Crippen LogP contribution in [0, 0.1) is 6.92 Å². The number of aryl methyl sites for hydroxylation is 1. The van der Waals surface area contributed by atoms with E-state index in [2.05, 4.69) is 41.4 Å². The first-order valence-corrected chi connectivity index (χ1v) is 9.94. The van der Waals surface area contributed by atoms with Crippen LogP contribution in [-0.2, 0) is 17.9 Å². The van der Waals surface area contributed by atoms with Gasteiger partial charge < -0.3 is 11.1 Å². The first kappa shape index (κ1) is 19.6. The summed E-state index contributed by atoms with van der Waals surface area (Å²) in [5.74, 6) is -0.148. The summed E-state index contributed by atoms with van der Waals surface area (Å²) >= 11 is 0. The number of carbonyl (C=O) groups is 1. The van der Waals surface area contributed by atoms with Crippen molar-refractivity contribution in [2.24, 2.45) is 5.73 Å². The number of benzene rings is 2. The monoisotopic (exact) mass is 365 g/mol. The highest BCUT2D eigenvalue weighted by Crippen LogP contribution is 2.19. The zero-order valence-corrected chi connectivity index (χ0v) is 16.4. The van der Waals surface area contributed by atoms with E-state index in [9.17, 15) is 4.79 Å². The summed E-state index contributed by atoms with van der Waals surface area (Å²) in [4.78, 5) is 14.9. The van der Waals surface area contributed by atoms with E-state index in [-0.39, 0.29) is 5.91 Å². The van der Waals surface area contributed by atoms with Crippen molar-refractivity contribution in [3.63, 3.8) is 0 Å². The molecule has 27 heavy (non-hydrogen) atoms. The topological polar surface area (TPSA) is 58.4 Å². The van der Waals surface area contributed by atoms with Gasteiger partial charge in [-0.1, -0.05) is 60.5 Å². The van der Waals surface area contributed by atoms with Crippen LogP contribution >= 0.6 is 0 Å². The highest BCUT2D eigenvalue weighted by atomic mass is 16.2. The molecule has 1 amide bonds. The minimum atomic E-state index is -0.634. The van der Waals surface area contributed by atoms with Crippen molar-refractivity contribution < 1.29 is 4.79 Å². The van der Waals surface area contributed by atoms with Crippen LogP contribution in [0.25, 0.3) is 0 Å². The molecular formula is C23H31N3O. The van der Waals surface area contributed by atoms with Gasteiger partial charge in [-0.2, -0.15) is 0 Å². The van der Waals surface area contributed by atoms with Crippen LogP contribution in [0.2, 0.25) is 0 Å². The predicted octanol–water partition coefficient (Wildman–Crippen LogP) is 3.69. The lowest BCUT2D eigenvalue weighted by molar-refractivity contribution is -0.122. The molecule has 0 bridgehead atoms. The second-order valence-corrected chi connectivity index (χ2v) is 7.74. The Balaban J connectivity index is 1.50. The molecule has 2 atom stereocenters. The number of carbonyl (C=O) groups excluding carboxylic acids is 1. The van der Waals surface area contributed by atoms with Crippen molar-refractivity contribution in [1.29, 1.82) is 0 Å². The second kappa shape index (κ2) is 9.16. The minimum Gasteiger partial charge on any atom is -0.350 e. The zero-order valence-electron chi connectivity index (χ0n) is 16.4. The van der Waals surface area contributed by atoms with E-state index in [1.807, 2.05) is 31.2 Å². The van der Waals surface area contributed by atoms with Gasteiger partial charge in [0.25, 0.3) is 0 Å². The van der Waals surface area contributed by atoms with Gasteiger partial charge in [0.05, 0.1) is 0 Å². The molecule has 0 aromatic heterocycles. The van der Waals surface area contributed by atoms with Gasteiger partial charge in [0, 0.05) is 19.1 Å². The van der Waals surface area contributed by atoms with Crippen molar-refractivity contribution in [2.45, 2.75) is 58.3 Å². The van der Waals surface area contributed by atoms with Crippen molar-refractivity contribution in [1.82, 2.24) is 10.2 Å². The van der Waals surface area contributed by atoms with Crippen molar-refractivity contribution in [3.8, 4) is 0 Å². The molecule has 1 aliphatic rings. The van der Waals surface area contributed by atoms with E-state index >= 15 is 0 Å². The zero-order chi connectivity index (χ0) is 19.2. The minimum absolute atomic E-state index is 0.148. The van der Waals surface area contributed by atoms with Crippen LogP contribution in [-0.4, -0.2) is 23.4 Å². The van der Waals surface area contributed by atoms with Crippen molar-refractivity contribution >= 4 is 5.91 Å². The molecule has 0 saturated carbocycles. The summed E-state index contributed by atoms with van der Waals surface area (Å²) in [7, 11) is 0. The standard InChI is InChI=1S/C23H31N3O/c1-17-6-12-21(13-7-17)22(24)23(27)25-15-19-8-10-20(11-9-19)16-26-14-4-3-5-18(26)2/h6-13,18,22H,3-5,14-16,24H2,1-2H3,(H,25,27). The van der Waals surface area contributed by atoms with Crippen LogP contribution in [0.3, 0.4) is 0 Å². The predicted molar refractivity (Wildman–Crippen MR) is 110 cm³/mol. The lowest BCUT2D eigenvalue weighted by Gasteiger charge is -2.33. The number of likely N-dealkylation sites (tertiary alicyclic amines) is 1. The highest BCUT2D eigenvalue weighted by Gasteiger charge is 2.18. The van der Waals surface area contributed by atoms with Gasteiger partial charge in [-0.25, -0.2) is 0 Å². The molecule has 1 aliphatic heterocycles. The maximum atomic E-state index is 12.3. The normalized spacial score (nSPS) is 18.9. The molecule has 2 aromatic carbocycles. The lowest BCUT2D eigenvalue weighted by atomic mass is 10.0. The average Bonchev–Trinajstić information content (AvgIpc) is 2.69. The fourth-order valence-electron chi connectivity index (χ4n) is 3.61. The summed E-state index contributed by atoms with van der Waals surface area (Å²) in [5, 5.41) is 2.95. The van der Waals surface area contributed by atoms with Gasteiger partial charge in [0.2, 0.25) is 5.91 Å². The summed E-state index contributed by atoms with van der Waals surface area (Å²) in [6.45, 7) is 7.03. The molecule has 1 heterocycles. The second-order valence-electron chi connectivity index (χ2n) is 7.74. The molecule has 4 heteroatoms. The summed E-state index contributed by atoms with van der Waals surface area (Å²) < 4.78 is 0. The fourth-order valence-corrected chi connectivity index (χ4v) is 3.61. The number of nitrogens with one attached hydrogen (secondary N) is 1. The maximum absolute atomic E-state index is 12.3. The van der Waals surface area contributed by atoms with E-state index in [4.69, 9.17) is 5.73 Å². The summed E-state index contributed by atoms with van der Waals surface area (Å²) in [6.07, 6.45) is 3.95. The molecule has 0 aliphatic carbocycles. The number of hydrogen-bond donors (Lipinski definition) is 2. The Morgan fingerprint density at radius 1 is 1.11 bits per heavy atom. The quantitative estimate of drug-likeness (QED) is 0.821. The molecular weight excluding hydrogens is 334 g/mol. The molecule has 0 radical (unpaired) electrons. The molecule has 3 rings (SSSR count). The third-order valence-corrected chi connectivity index (χ3v) is 5.53. The van der Waals surface area contributed by atoms with E-state index in [1.165, 1.54) is 31.4 Å². The fraction of sp³-hybridized carbons (Fsp3) is 0.435. The Bertz CT molecular complexity index is 739. The first-order chi connectivity index (χ1) is 13.0. The Kier molecular flexibility index (Phi) is 6.64. The molecule has 1 saturated heterocycles. The van der Waals surface area contributed by atoms with Crippen LogP contribution in [0.15, 0.2) is 48.5 Å². The third kappa shape index (κ3) is 5.41. The van der Waals surface area contributed by atoms with Crippen LogP contribution < -0.4 is 11.1 Å². The van der Waals surface area contributed by atoms with E-state index in [1.54, 1.807) is 0 Å². The largest absolute Gasteiger partial charge is 0.350 e. The van der Waals surface area contributed by atoms with Gasteiger partial charge >= 0.3 is 0 Å². The Hall–Kier alpha value is -2.17. The van der Waals surface area contributed by atoms with E-state index < -0.39 is 6.04 Å². The molecule has 2 unspecified atom stereocenters. The number of amides is 1. The Labute approximate surface area is 162 Å². The molecule has 1 fully saturated rings. The molecule has 144 valence electrons. The Morgan fingerprint density at radius 2 is 1.78 bits per heavy atom. The van der Waals surface area contributed by atoms with Gasteiger partial charge in [0.1, 0.15) is 6.04 Å². The maximum Gasteiger partial charge on any atom is 0.241 e. The number of rotatable bonds is 6. The Morgan fingerprint density at radius 3 is 2.44 bits per heavy atom. The summed E-state index contributed by atoms with van der Waals surface area (Å²) in [6, 6.07) is 16.3. The van der Waals surface area contributed by atoms with Crippen LogP contribution in [0.4, 0.5) is 0 Å². The van der Waals surface area contributed by atoms with Gasteiger partial charge in [-0.15, -0.1) is 0 Å². The number of nitrogens with two attached hydrogens (primary N) is 1. The van der Waals surface area contributed by atoms with Crippen molar-refractivity contribution in [3.05, 3.63) is 70.8 Å². The van der Waals surface area contributed by atoms with Crippen molar-refractivity contribution in [2.75, 3.05) is 6.54 Å². The highest BCUT2D eigenvalue weighted by molar-refractivity contribution is 5.82. The SMILES string of the molecule is Cc1ccc(C(N)C(=O)NCc2ccc(CN3CCCCC3C)cc2)cc1. The number of hydrogen-bond acceptors (Lipinski definition) is 3. The summed E-state index contributed by atoms with van der Waals surface area (Å²) in [5.41, 5.74) is 10.5. The average molecular weight is 366 g/mol. The van der Waals surface area contributed by atoms with Gasteiger partial charge in [-0.3, -0.25) is 9.69 Å². The molecule has 2 aromatic rings. The first-order valence-electron chi connectivity index (χ1n) is 9.94. The number of piperidine rings is 1. The number of nitrogens with zero attached hydrogens (tertiary/aromatic N) is 1. The molecule has 3 N–H and O–H groups in total. The smallest absolute Gasteiger partial charge is 0.241 e. The third-order valence-electron chi connectivity index (χ3n) is 5.53. The van der Waals surface area contributed by atoms with E-state index in [0.29, 0.717) is 12.6 Å². The van der Waals surface area contributed by atoms with E-state index in [0.717, 1.165) is 23.2 Å². The van der Waals surface area contributed by atoms with Gasteiger partial charge in [-0.05, 0) is 49.9 Å². The molecule has 4 nitrogen and oxygen atoms in total. The molecule has 0 spiro atoms. The van der Waals surface area contributed by atoms with Crippen LogP contribution in [0.1, 0.15) is 54.5 Å².